The van der Waals surface area contributed by atoms with Gasteiger partial charge in [0.25, 0.3) is 0 Å². The molecule has 1 aliphatic heterocycles. The largest absolute Gasteiger partial charge is 0.373 e. The van der Waals surface area contributed by atoms with E-state index in [1.165, 1.54) is 0 Å². The molecule has 1 atom stereocenters. The second kappa shape index (κ2) is 3.90. The zero-order chi connectivity index (χ0) is 10.8. The number of carbonyl (C=O) groups is 2. The van der Waals surface area contributed by atoms with E-state index < -0.39 is 6.04 Å². The fourth-order valence-corrected chi connectivity index (χ4v) is 1.54. The molecular weight excluding hydrogens is 216 g/mol. The molecule has 2 N–H and O–H groups in total. The Morgan fingerprint density at radius 2 is 1.93 bits per heavy atom. The first-order chi connectivity index (χ1) is 7.15. The van der Waals surface area contributed by atoms with E-state index in [2.05, 4.69) is 10.6 Å². The standard InChI is InChI=1S/C10H9ClN2O2/c11-6-1-3-7(4-2-6)12-8-5-9(14)13-10(8)15/h1-4,8,12H,5H2,(H,13,14,15). The number of rotatable bonds is 2. The molecule has 0 saturated carbocycles. The van der Waals surface area contributed by atoms with Crippen LogP contribution in [0.1, 0.15) is 6.42 Å². The van der Waals surface area contributed by atoms with Gasteiger partial charge in [-0.1, -0.05) is 11.6 Å². The first-order valence-corrected chi connectivity index (χ1v) is 4.89. The van der Waals surface area contributed by atoms with Crippen LogP contribution < -0.4 is 10.6 Å². The molecule has 2 rings (SSSR count). The fraction of sp³-hybridized carbons (Fsp3) is 0.200. The van der Waals surface area contributed by atoms with E-state index in [1.807, 2.05) is 0 Å². The summed E-state index contributed by atoms with van der Waals surface area (Å²) in [5.41, 5.74) is 0.772. The van der Waals surface area contributed by atoms with Crippen molar-refractivity contribution >= 4 is 29.1 Å². The predicted octanol–water partition coefficient (Wildman–Crippen LogP) is 1.17. The van der Waals surface area contributed by atoms with Crippen molar-refractivity contribution in [3.8, 4) is 0 Å². The third kappa shape index (κ3) is 2.27. The third-order valence-electron chi connectivity index (χ3n) is 2.15. The fourth-order valence-electron chi connectivity index (χ4n) is 1.42. The van der Waals surface area contributed by atoms with Crippen molar-refractivity contribution in [2.75, 3.05) is 5.32 Å². The Labute approximate surface area is 91.6 Å². The maximum atomic E-state index is 11.2. The van der Waals surface area contributed by atoms with Gasteiger partial charge in [0.2, 0.25) is 11.8 Å². The van der Waals surface area contributed by atoms with Crippen LogP contribution in [0.15, 0.2) is 24.3 Å². The Morgan fingerprint density at radius 3 is 2.47 bits per heavy atom. The van der Waals surface area contributed by atoms with E-state index in [9.17, 15) is 9.59 Å². The van der Waals surface area contributed by atoms with Crippen LogP contribution in [0.2, 0.25) is 5.02 Å². The molecule has 15 heavy (non-hydrogen) atoms. The minimum atomic E-state index is -0.473. The summed E-state index contributed by atoms with van der Waals surface area (Å²) in [6, 6.07) is 6.49. The zero-order valence-corrected chi connectivity index (χ0v) is 8.54. The van der Waals surface area contributed by atoms with Gasteiger partial charge in [-0.25, -0.2) is 0 Å². The predicted molar refractivity (Wildman–Crippen MR) is 56.6 cm³/mol. The molecule has 0 bridgehead atoms. The van der Waals surface area contributed by atoms with E-state index in [-0.39, 0.29) is 18.2 Å². The highest BCUT2D eigenvalue weighted by molar-refractivity contribution is 6.30. The Hall–Kier alpha value is -1.55. The Bertz CT molecular complexity index is 402. The van der Waals surface area contributed by atoms with Crippen molar-refractivity contribution in [3.05, 3.63) is 29.3 Å². The lowest BCUT2D eigenvalue weighted by atomic mass is 10.2. The van der Waals surface area contributed by atoms with Crippen LogP contribution in [0.25, 0.3) is 0 Å². The van der Waals surface area contributed by atoms with Crippen molar-refractivity contribution in [1.29, 1.82) is 0 Å². The normalized spacial score (nSPS) is 20.2. The average Bonchev–Trinajstić information content (AvgIpc) is 2.49. The van der Waals surface area contributed by atoms with Gasteiger partial charge >= 0.3 is 0 Å². The molecule has 0 spiro atoms. The average molecular weight is 225 g/mol. The quantitative estimate of drug-likeness (QED) is 0.742. The van der Waals surface area contributed by atoms with Gasteiger partial charge in [0.05, 0.1) is 6.42 Å². The lowest BCUT2D eigenvalue weighted by molar-refractivity contribution is -0.124. The molecule has 0 radical (unpaired) electrons. The topological polar surface area (TPSA) is 58.2 Å². The number of hydrogen-bond donors (Lipinski definition) is 2. The van der Waals surface area contributed by atoms with Crippen molar-refractivity contribution in [3.63, 3.8) is 0 Å². The summed E-state index contributed by atoms with van der Waals surface area (Å²) in [6.07, 6.45) is 0.182. The number of nitrogens with one attached hydrogen (secondary N) is 2. The van der Waals surface area contributed by atoms with Crippen LogP contribution in [-0.2, 0) is 9.59 Å². The second-order valence-corrected chi connectivity index (χ2v) is 3.76. The van der Waals surface area contributed by atoms with Gasteiger partial charge in [-0.15, -0.1) is 0 Å². The monoisotopic (exact) mass is 224 g/mol. The minimum Gasteiger partial charge on any atom is -0.373 e. The number of amides is 2. The van der Waals surface area contributed by atoms with E-state index in [0.29, 0.717) is 5.02 Å². The Balaban J connectivity index is 2.06. The molecule has 1 aromatic carbocycles. The second-order valence-electron chi connectivity index (χ2n) is 3.32. The number of anilines is 1. The molecule has 1 aromatic rings. The molecule has 5 heteroatoms. The molecule has 78 valence electrons. The smallest absolute Gasteiger partial charge is 0.249 e. The van der Waals surface area contributed by atoms with E-state index in [1.54, 1.807) is 24.3 Å². The molecule has 1 unspecified atom stereocenters. The van der Waals surface area contributed by atoms with E-state index in [4.69, 9.17) is 11.6 Å². The highest BCUT2D eigenvalue weighted by Gasteiger charge is 2.30. The highest BCUT2D eigenvalue weighted by Crippen LogP contribution is 2.16. The maximum absolute atomic E-state index is 11.2. The van der Waals surface area contributed by atoms with Crippen molar-refractivity contribution in [2.24, 2.45) is 0 Å². The van der Waals surface area contributed by atoms with Crippen LogP contribution in [0.4, 0.5) is 5.69 Å². The van der Waals surface area contributed by atoms with Gasteiger partial charge in [-0.2, -0.15) is 0 Å². The molecule has 1 fully saturated rings. The van der Waals surface area contributed by atoms with E-state index in [0.717, 1.165) is 5.69 Å². The van der Waals surface area contributed by atoms with Crippen molar-refractivity contribution in [2.45, 2.75) is 12.5 Å². The van der Waals surface area contributed by atoms with Gasteiger partial charge in [0, 0.05) is 10.7 Å². The Kier molecular flexibility index (Phi) is 2.60. The van der Waals surface area contributed by atoms with Crippen LogP contribution in [0.5, 0.6) is 0 Å². The molecule has 4 nitrogen and oxygen atoms in total. The molecule has 1 saturated heterocycles. The van der Waals surface area contributed by atoms with Gasteiger partial charge < -0.3 is 5.32 Å². The zero-order valence-electron chi connectivity index (χ0n) is 7.79. The highest BCUT2D eigenvalue weighted by atomic mass is 35.5. The number of imide groups is 1. The molecular formula is C10H9ClN2O2. The summed E-state index contributed by atoms with van der Waals surface area (Å²) >= 11 is 5.72. The molecule has 0 aromatic heterocycles. The summed E-state index contributed by atoms with van der Waals surface area (Å²) in [5.74, 6) is -0.526. The summed E-state index contributed by atoms with van der Waals surface area (Å²) < 4.78 is 0. The minimum absolute atomic E-state index is 0.182. The number of benzene rings is 1. The molecule has 1 heterocycles. The molecule has 1 aliphatic rings. The summed E-state index contributed by atoms with van der Waals surface area (Å²) in [4.78, 5) is 22.2. The summed E-state index contributed by atoms with van der Waals surface area (Å²) in [5, 5.41) is 5.82. The van der Waals surface area contributed by atoms with Gasteiger partial charge in [-0.05, 0) is 24.3 Å². The maximum Gasteiger partial charge on any atom is 0.249 e. The van der Waals surface area contributed by atoms with E-state index >= 15 is 0 Å². The SMILES string of the molecule is O=C1CC(Nc2ccc(Cl)cc2)C(=O)N1. The number of carbonyl (C=O) groups excluding carboxylic acids is 2. The van der Waals surface area contributed by atoms with Crippen LogP contribution >= 0.6 is 11.6 Å². The third-order valence-corrected chi connectivity index (χ3v) is 2.41. The Morgan fingerprint density at radius 1 is 1.27 bits per heavy atom. The van der Waals surface area contributed by atoms with Crippen LogP contribution in [0, 0.1) is 0 Å². The van der Waals surface area contributed by atoms with Crippen molar-refractivity contribution < 1.29 is 9.59 Å². The lowest BCUT2D eigenvalue weighted by Crippen LogP contribution is -2.29. The molecule has 2 amide bonds. The lowest BCUT2D eigenvalue weighted by Gasteiger charge is -2.10. The van der Waals surface area contributed by atoms with Crippen LogP contribution in [-0.4, -0.2) is 17.9 Å². The number of hydrogen-bond acceptors (Lipinski definition) is 3. The first-order valence-electron chi connectivity index (χ1n) is 4.51. The van der Waals surface area contributed by atoms with Gasteiger partial charge in [-0.3, -0.25) is 14.9 Å². The van der Waals surface area contributed by atoms with Gasteiger partial charge in [0.15, 0.2) is 0 Å². The van der Waals surface area contributed by atoms with Gasteiger partial charge in [0.1, 0.15) is 6.04 Å². The number of halogens is 1. The summed E-state index contributed by atoms with van der Waals surface area (Å²) in [6.45, 7) is 0. The van der Waals surface area contributed by atoms with Crippen molar-refractivity contribution in [1.82, 2.24) is 5.32 Å². The van der Waals surface area contributed by atoms with Crippen LogP contribution in [0.3, 0.4) is 0 Å². The first kappa shape index (κ1) is 9.98. The molecule has 0 aliphatic carbocycles. The summed E-state index contributed by atoms with van der Waals surface area (Å²) in [7, 11) is 0.